The van der Waals surface area contributed by atoms with Crippen LogP contribution < -0.4 is 0 Å². The Labute approximate surface area is 72.0 Å². The van der Waals surface area contributed by atoms with E-state index in [1.54, 1.807) is 0 Å². The van der Waals surface area contributed by atoms with Gasteiger partial charge in [-0.2, -0.15) is 0 Å². The third kappa shape index (κ3) is 2.57. The van der Waals surface area contributed by atoms with Crippen molar-refractivity contribution in [2.24, 2.45) is 0 Å². The Morgan fingerprint density at radius 1 is 1.33 bits per heavy atom. The molecule has 1 fully saturated rings. The SMILES string of the molecule is C=C(O)C(=O)OC1CCCCC1. The minimum absolute atomic E-state index is 0.00449. The van der Waals surface area contributed by atoms with Crippen molar-refractivity contribution in [1.29, 1.82) is 0 Å². The largest absolute Gasteiger partial charge is 0.502 e. The van der Waals surface area contributed by atoms with Crippen LogP contribution in [-0.2, 0) is 9.53 Å². The number of hydrogen-bond donors (Lipinski definition) is 1. The second-order valence-corrected chi connectivity index (χ2v) is 3.11. The predicted molar refractivity (Wildman–Crippen MR) is 44.7 cm³/mol. The smallest absolute Gasteiger partial charge is 0.372 e. The highest BCUT2D eigenvalue weighted by Crippen LogP contribution is 2.20. The second-order valence-electron chi connectivity index (χ2n) is 3.11. The van der Waals surface area contributed by atoms with E-state index >= 15 is 0 Å². The lowest BCUT2D eigenvalue weighted by atomic mass is 9.98. The van der Waals surface area contributed by atoms with Crippen LogP contribution in [0.4, 0.5) is 0 Å². The summed E-state index contributed by atoms with van der Waals surface area (Å²) < 4.78 is 4.96. The third-order valence-corrected chi connectivity index (χ3v) is 2.06. The minimum Gasteiger partial charge on any atom is -0.502 e. The highest BCUT2D eigenvalue weighted by molar-refractivity contribution is 5.85. The van der Waals surface area contributed by atoms with E-state index in [9.17, 15) is 4.79 Å². The molecule has 0 aliphatic heterocycles. The zero-order chi connectivity index (χ0) is 8.97. The van der Waals surface area contributed by atoms with E-state index in [0.717, 1.165) is 25.7 Å². The van der Waals surface area contributed by atoms with Crippen LogP contribution in [-0.4, -0.2) is 17.2 Å². The standard InChI is InChI=1S/C9H14O3/c1-7(10)9(11)12-8-5-3-2-4-6-8/h8,10H,1-6H2. The molecule has 0 heterocycles. The maximum Gasteiger partial charge on any atom is 0.372 e. The summed E-state index contributed by atoms with van der Waals surface area (Å²) in [6, 6.07) is 0. The molecule has 0 unspecified atom stereocenters. The molecule has 0 bridgehead atoms. The molecule has 1 saturated carbocycles. The fraction of sp³-hybridized carbons (Fsp3) is 0.667. The Morgan fingerprint density at radius 2 is 1.92 bits per heavy atom. The van der Waals surface area contributed by atoms with Crippen molar-refractivity contribution in [3.8, 4) is 0 Å². The monoisotopic (exact) mass is 170 g/mol. The first kappa shape index (κ1) is 9.10. The topological polar surface area (TPSA) is 46.5 Å². The summed E-state index contributed by atoms with van der Waals surface area (Å²) in [4.78, 5) is 10.8. The van der Waals surface area contributed by atoms with Crippen molar-refractivity contribution >= 4 is 5.97 Å². The third-order valence-electron chi connectivity index (χ3n) is 2.06. The van der Waals surface area contributed by atoms with Gasteiger partial charge in [0.25, 0.3) is 0 Å². The Kier molecular flexibility index (Phi) is 3.14. The molecule has 0 spiro atoms. The Morgan fingerprint density at radius 3 is 2.42 bits per heavy atom. The number of hydrogen-bond acceptors (Lipinski definition) is 3. The highest BCUT2D eigenvalue weighted by Gasteiger charge is 2.18. The second kappa shape index (κ2) is 4.14. The van der Waals surface area contributed by atoms with Crippen molar-refractivity contribution in [2.75, 3.05) is 0 Å². The zero-order valence-corrected chi connectivity index (χ0v) is 7.08. The van der Waals surface area contributed by atoms with Crippen LogP contribution in [0.5, 0.6) is 0 Å². The van der Waals surface area contributed by atoms with E-state index in [1.165, 1.54) is 6.42 Å². The van der Waals surface area contributed by atoms with Crippen LogP contribution in [0.2, 0.25) is 0 Å². The van der Waals surface area contributed by atoms with Crippen molar-refractivity contribution in [1.82, 2.24) is 0 Å². The molecule has 1 N–H and O–H groups in total. The van der Waals surface area contributed by atoms with Crippen LogP contribution in [0.1, 0.15) is 32.1 Å². The molecule has 1 aliphatic carbocycles. The van der Waals surface area contributed by atoms with Gasteiger partial charge in [0.05, 0.1) is 0 Å². The fourth-order valence-electron chi connectivity index (χ4n) is 1.40. The van der Waals surface area contributed by atoms with Gasteiger partial charge >= 0.3 is 5.97 Å². The first-order chi connectivity index (χ1) is 5.70. The molecule has 0 aromatic rings. The van der Waals surface area contributed by atoms with Gasteiger partial charge in [-0.05, 0) is 32.3 Å². The lowest BCUT2D eigenvalue weighted by molar-refractivity contribution is -0.148. The summed E-state index contributed by atoms with van der Waals surface area (Å²) in [6.45, 7) is 3.10. The quantitative estimate of drug-likeness (QED) is 0.391. The molecule has 3 nitrogen and oxygen atoms in total. The van der Waals surface area contributed by atoms with E-state index < -0.39 is 11.7 Å². The molecule has 68 valence electrons. The van der Waals surface area contributed by atoms with Gasteiger partial charge in [-0.15, -0.1) is 0 Å². The fourth-order valence-corrected chi connectivity index (χ4v) is 1.40. The maximum atomic E-state index is 10.8. The zero-order valence-electron chi connectivity index (χ0n) is 7.08. The number of aliphatic hydroxyl groups excluding tert-OH is 1. The average molecular weight is 170 g/mol. The van der Waals surface area contributed by atoms with Crippen LogP contribution in [0, 0.1) is 0 Å². The van der Waals surface area contributed by atoms with Crippen LogP contribution >= 0.6 is 0 Å². The summed E-state index contributed by atoms with van der Waals surface area (Å²) in [6.07, 6.45) is 5.26. The van der Waals surface area contributed by atoms with Gasteiger partial charge in [0.2, 0.25) is 0 Å². The normalized spacial score (nSPS) is 18.7. The first-order valence-electron chi connectivity index (χ1n) is 4.29. The summed E-state index contributed by atoms with van der Waals surface area (Å²) in [5.41, 5.74) is 0. The molecule has 0 aromatic heterocycles. The molecule has 0 radical (unpaired) electrons. The summed E-state index contributed by atoms with van der Waals surface area (Å²) in [5.74, 6) is -1.18. The molecule has 3 heteroatoms. The number of carbonyl (C=O) groups is 1. The van der Waals surface area contributed by atoms with Crippen LogP contribution in [0.15, 0.2) is 12.3 Å². The molecular weight excluding hydrogens is 156 g/mol. The van der Waals surface area contributed by atoms with E-state index in [1.807, 2.05) is 0 Å². The first-order valence-corrected chi connectivity index (χ1v) is 4.29. The highest BCUT2D eigenvalue weighted by atomic mass is 16.6. The molecule has 0 saturated heterocycles. The van der Waals surface area contributed by atoms with Crippen molar-refractivity contribution < 1.29 is 14.6 Å². The van der Waals surface area contributed by atoms with E-state index in [0.29, 0.717) is 0 Å². The average Bonchev–Trinajstić information content (AvgIpc) is 2.06. The number of rotatable bonds is 2. The Bertz CT molecular complexity index is 180. The van der Waals surface area contributed by atoms with Gasteiger partial charge < -0.3 is 9.84 Å². The maximum absolute atomic E-state index is 10.8. The number of carbonyl (C=O) groups excluding carboxylic acids is 1. The van der Waals surface area contributed by atoms with Gasteiger partial charge in [0, 0.05) is 0 Å². The van der Waals surface area contributed by atoms with Crippen LogP contribution in [0.3, 0.4) is 0 Å². The summed E-state index contributed by atoms with van der Waals surface area (Å²) >= 11 is 0. The summed E-state index contributed by atoms with van der Waals surface area (Å²) in [7, 11) is 0. The van der Waals surface area contributed by atoms with Crippen molar-refractivity contribution in [2.45, 2.75) is 38.2 Å². The van der Waals surface area contributed by atoms with Gasteiger partial charge in [-0.1, -0.05) is 6.42 Å². The van der Waals surface area contributed by atoms with Gasteiger partial charge in [0.15, 0.2) is 5.76 Å². The van der Waals surface area contributed by atoms with Crippen LogP contribution in [0.25, 0.3) is 0 Å². The molecule has 1 rings (SSSR count). The minimum atomic E-state index is -0.679. The molecule has 1 aliphatic rings. The van der Waals surface area contributed by atoms with Crippen molar-refractivity contribution in [3.05, 3.63) is 12.3 Å². The Balaban J connectivity index is 2.29. The summed E-state index contributed by atoms with van der Waals surface area (Å²) in [5, 5.41) is 8.68. The van der Waals surface area contributed by atoms with E-state index in [2.05, 4.69) is 6.58 Å². The van der Waals surface area contributed by atoms with Gasteiger partial charge in [0.1, 0.15) is 6.10 Å². The number of aliphatic hydroxyl groups is 1. The lowest BCUT2D eigenvalue weighted by Gasteiger charge is -2.21. The van der Waals surface area contributed by atoms with E-state index in [4.69, 9.17) is 9.84 Å². The van der Waals surface area contributed by atoms with Crippen molar-refractivity contribution in [3.63, 3.8) is 0 Å². The van der Waals surface area contributed by atoms with Gasteiger partial charge in [-0.3, -0.25) is 0 Å². The lowest BCUT2D eigenvalue weighted by Crippen LogP contribution is -2.21. The Hall–Kier alpha value is -0.990. The van der Waals surface area contributed by atoms with E-state index in [-0.39, 0.29) is 6.10 Å². The molecular formula is C9H14O3. The molecule has 0 atom stereocenters. The number of esters is 1. The predicted octanol–water partition coefficient (Wildman–Crippen LogP) is 1.93. The molecule has 12 heavy (non-hydrogen) atoms. The molecule has 0 amide bonds. The van der Waals surface area contributed by atoms with Gasteiger partial charge in [-0.25, -0.2) is 4.79 Å². The molecule has 0 aromatic carbocycles. The number of ether oxygens (including phenoxy) is 1.